The summed E-state index contributed by atoms with van der Waals surface area (Å²) in [5.74, 6) is -0.0564. The van der Waals surface area contributed by atoms with Crippen LogP contribution >= 0.6 is 11.6 Å². The van der Waals surface area contributed by atoms with E-state index in [0.717, 1.165) is 5.56 Å². The number of halogens is 1. The summed E-state index contributed by atoms with van der Waals surface area (Å²) in [6.07, 6.45) is 0. The molecule has 0 saturated heterocycles. The standard InChI is InChI=1S/C11H14ClNO/c1-8(13-9(2)14)11(12)10-6-4-3-5-7-10/h3-8,11H,1-2H3,(H,13,14). The minimum absolute atomic E-state index is 0.0564. The molecule has 0 aliphatic carbocycles. The number of hydrogen-bond donors (Lipinski definition) is 1. The average molecular weight is 212 g/mol. The molecule has 0 heterocycles. The largest absolute Gasteiger partial charge is 0.352 e. The van der Waals surface area contributed by atoms with E-state index in [0.29, 0.717) is 0 Å². The van der Waals surface area contributed by atoms with Crippen LogP contribution in [-0.4, -0.2) is 11.9 Å². The van der Waals surface area contributed by atoms with Crippen LogP contribution < -0.4 is 5.32 Å². The lowest BCUT2D eigenvalue weighted by atomic mass is 10.1. The van der Waals surface area contributed by atoms with E-state index in [1.54, 1.807) is 0 Å². The second-order valence-electron chi connectivity index (χ2n) is 3.30. The lowest BCUT2D eigenvalue weighted by molar-refractivity contribution is -0.119. The normalized spacial score (nSPS) is 14.5. The molecule has 1 aromatic rings. The highest BCUT2D eigenvalue weighted by molar-refractivity contribution is 6.21. The smallest absolute Gasteiger partial charge is 0.217 e. The van der Waals surface area contributed by atoms with Gasteiger partial charge < -0.3 is 5.32 Å². The molecule has 14 heavy (non-hydrogen) atoms. The molecule has 0 radical (unpaired) electrons. The van der Waals surface area contributed by atoms with Crippen molar-refractivity contribution in [3.8, 4) is 0 Å². The van der Waals surface area contributed by atoms with Gasteiger partial charge in [0.2, 0.25) is 5.91 Å². The molecule has 1 N–H and O–H groups in total. The van der Waals surface area contributed by atoms with Crippen molar-refractivity contribution in [1.82, 2.24) is 5.32 Å². The average Bonchev–Trinajstić information content (AvgIpc) is 2.17. The first-order valence-electron chi connectivity index (χ1n) is 4.57. The Morgan fingerprint density at radius 2 is 1.93 bits per heavy atom. The highest BCUT2D eigenvalue weighted by atomic mass is 35.5. The maximum absolute atomic E-state index is 10.8. The molecule has 3 heteroatoms. The first-order valence-corrected chi connectivity index (χ1v) is 5.01. The fraction of sp³-hybridized carbons (Fsp3) is 0.364. The fourth-order valence-electron chi connectivity index (χ4n) is 1.32. The zero-order valence-corrected chi connectivity index (χ0v) is 9.08. The van der Waals surface area contributed by atoms with Crippen LogP contribution in [0.4, 0.5) is 0 Å². The van der Waals surface area contributed by atoms with E-state index >= 15 is 0 Å². The molecule has 0 fully saturated rings. The van der Waals surface area contributed by atoms with Gasteiger partial charge in [0.15, 0.2) is 0 Å². The quantitative estimate of drug-likeness (QED) is 0.765. The summed E-state index contributed by atoms with van der Waals surface area (Å²) in [6, 6.07) is 9.66. The minimum Gasteiger partial charge on any atom is -0.352 e. The van der Waals surface area contributed by atoms with Crippen LogP contribution in [0.2, 0.25) is 0 Å². The lowest BCUT2D eigenvalue weighted by Crippen LogP contribution is -2.33. The molecule has 1 rings (SSSR count). The molecular weight excluding hydrogens is 198 g/mol. The number of benzene rings is 1. The van der Waals surface area contributed by atoms with Crippen molar-refractivity contribution in [2.45, 2.75) is 25.3 Å². The number of nitrogens with one attached hydrogen (secondary N) is 1. The van der Waals surface area contributed by atoms with Gasteiger partial charge in [-0.15, -0.1) is 11.6 Å². The van der Waals surface area contributed by atoms with Gasteiger partial charge in [-0.3, -0.25) is 4.79 Å². The highest BCUT2D eigenvalue weighted by Gasteiger charge is 2.16. The molecule has 2 atom stereocenters. The van der Waals surface area contributed by atoms with E-state index < -0.39 is 0 Å². The Bertz CT molecular complexity index is 299. The van der Waals surface area contributed by atoms with Crippen molar-refractivity contribution >= 4 is 17.5 Å². The monoisotopic (exact) mass is 211 g/mol. The van der Waals surface area contributed by atoms with Crippen LogP contribution in [0.1, 0.15) is 24.8 Å². The Labute approximate surface area is 89.3 Å². The van der Waals surface area contributed by atoms with Gasteiger partial charge in [0, 0.05) is 13.0 Å². The molecule has 0 aliphatic heterocycles. The molecule has 0 spiro atoms. The Balaban J connectivity index is 2.65. The highest BCUT2D eigenvalue weighted by Crippen LogP contribution is 2.23. The van der Waals surface area contributed by atoms with Crippen molar-refractivity contribution in [3.63, 3.8) is 0 Å². The van der Waals surface area contributed by atoms with Gasteiger partial charge in [-0.25, -0.2) is 0 Å². The van der Waals surface area contributed by atoms with E-state index in [9.17, 15) is 4.79 Å². The summed E-state index contributed by atoms with van der Waals surface area (Å²) in [5.41, 5.74) is 1.02. The van der Waals surface area contributed by atoms with Gasteiger partial charge >= 0.3 is 0 Å². The number of alkyl halides is 1. The summed E-state index contributed by atoms with van der Waals surface area (Å²) in [4.78, 5) is 10.8. The van der Waals surface area contributed by atoms with Crippen LogP contribution in [0.5, 0.6) is 0 Å². The van der Waals surface area contributed by atoms with Gasteiger partial charge in [-0.1, -0.05) is 30.3 Å². The number of carbonyl (C=O) groups is 1. The predicted octanol–water partition coefficient (Wildman–Crippen LogP) is 2.49. The number of hydrogen-bond acceptors (Lipinski definition) is 1. The summed E-state index contributed by atoms with van der Waals surface area (Å²) in [5, 5.41) is 2.59. The van der Waals surface area contributed by atoms with E-state index in [-0.39, 0.29) is 17.3 Å². The van der Waals surface area contributed by atoms with E-state index in [4.69, 9.17) is 11.6 Å². The summed E-state index contributed by atoms with van der Waals surface area (Å²) >= 11 is 6.19. The van der Waals surface area contributed by atoms with Crippen LogP contribution in [0, 0.1) is 0 Å². The Kier molecular flexibility index (Phi) is 3.96. The van der Waals surface area contributed by atoms with E-state index in [1.807, 2.05) is 37.3 Å². The summed E-state index contributed by atoms with van der Waals surface area (Å²) < 4.78 is 0. The topological polar surface area (TPSA) is 29.1 Å². The van der Waals surface area contributed by atoms with Crippen LogP contribution in [-0.2, 0) is 4.79 Å². The number of rotatable bonds is 3. The molecule has 2 unspecified atom stereocenters. The second kappa shape index (κ2) is 5.01. The zero-order valence-electron chi connectivity index (χ0n) is 8.33. The van der Waals surface area contributed by atoms with Crippen molar-refractivity contribution in [3.05, 3.63) is 35.9 Å². The summed E-state index contributed by atoms with van der Waals surface area (Å²) in [7, 11) is 0. The second-order valence-corrected chi connectivity index (χ2v) is 3.77. The van der Waals surface area contributed by atoms with Gasteiger partial charge in [-0.2, -0.15) is 0 Å². The molecule has 0 bridgehead atoms. The first-order chi connectivity index (χ1) is 6.61. The third-order valence-corrected chi connectivity index (χ3v) is 2.62. The SMILES string of the molecule is CC(=O)NC(C)C(Cl)c1ccccc1. The van der Waals surface area contributed by atoms with Crippen molar-refractivity contribution < 1.29 is 4.79 Å². The Morgan fingerprint density at radius 1 is 1.36 bits per heavy atom. The fourth-order valence-corrected chi connectivity index (χ4v) is 1.53. The maximum atomic E-state index is 10.8. The molecular formula is C11H14ClNO. The molecule has 76 valence electrons. The van der Waals surface area contributed by atoms with Gasteiger partial charge in [0.25, 0.3) is 0 Å². The Hall–Kier alpha value is -1.02. The molecule has 1 amide bonds. The third kappa shape index (κ3) is 3.04. The first kappa shape index (κ1) is 11.1. The van der Waals surface area contributed by atoms with Gasteiger partial charge in [0.1, 0.15) is 0 Å². The molecule has 0 aliphatic rings. The molecule has 0 aromatic heterocycles. The molecule has 0 saturated carbocycles. The Morgan fingerprint density at radius 3 is 2.43 bits per heavy atom. The molecule has 2 nitrogen and oxygen atoms in total. The molecule has 1 aromatic carbocycles. The number of amides is 1. The van der Waals surface area contributed by atoms with E-state index in [2.05, 4.69) is 5.32 Å². The number of carbonyl (C=O) groups excluding carboxylic acids is 1. The van der Waals surface area contributed by atoms with E-state index in [1.165, 1.54) is 6.92 Å². The third-order valence-electron chi connectivity index (χ3n) is 1.99. The minimum atomic E-state index is -0.180. The maximum Gasteiger partial charge on any atom is 0.217 e. The van der Waals surface area contributed by atoms with Gasteiger partial charge in [-0.05, 0) is 12.5 Å². The predicted molar refractivity (Wildman–Crippen MR) is 58.3 cm³/mol. The van der Waals surface area contributed by atoms with Gasteiger partial charge in [0.05, 0.1) is 5.38 Å². The lowest BCUT2D eigenvalue weighted by Gasteiger charge is -2.18. The zero-order chi connectivity index (χ0) is 10.6. The van der Waals surface area contributed by atoms with Crippen LogP contribution in [0.15, 0.2) is 30.3 Å². The van der Waals surface area contributed by atoms with Crippen LogP contribution in [0.25, 0.3) is 0 Å². The summed E-state index contributed by atoms with van der Waals surface area (Å²) in [6.45, 7) is 3.39. The van der Waals surface area contributed by atoms with Crippen molar-refractivity contribution in [1.29, 1.82) is 0 Å². The van der Waals surface area contributed by atoms with Crippen LogP contribution in [0.3, 0.4) is 0 Å². The van der Waals surface area contributed by atoms with Crippen molar-refractivity contribution in [2.24, 2.45) is 0 Å². The van der Waals surface area contributed by atoms with Crippen molar-refractivity contribution in [2.75, 3.05) is 0 Å².